The molecule has 0 aliphatic rings. The Balaban J connectivity index is 1.50. The first kappa shape index (κ1) is 21.0. The van der Waals surface area contributed by atoms with Crippen LogP contribution >= 0.6 is 11.3 Å². The van der Waals surface area contributed by atoms with Crippen LogP contribution < -0.4 is 5.32 Å². The molecular weight excluding hydrogens is 419 g/mol. The van der Waals surface area contributed by atoms with E-state index in [9.17, 15) is 24.1 Å². The van der Waals surface area contributed by atoms with Crippen LogP contribution in [0, 0.1) is 15.9 Å². The second kappa shape index (κ2) is 9.22. The molecule has 12 heteroatoms. The largest absolute Gasteiger partial charge is 0.453 e. The fourth-order valence-electron chi connectivity index (χ4n) is 2.36. The van der Waals surface area contributed by atoms with Crippen molar-refractivity contribution in [3.05, 3.63) is 57.5 Å². The summed E-state index contributed by atoms with van der Waals surface area (Å²) in [5.41, 5.74) is -0.776. The molecule has 0 aliphatic heterocycles. The molecule has 0 spiro atoms. The average Bonchev–Trinajstić information content (AvgIpc) is 3.39. The molecule has 2 aromatic heterocycles. The number of carbonyl (C=O) groups is 2. The van der Waals surface area contributed by atoms with Gasteiger partial charge in [-0.1, -0.05) is 11.2 Å². The van der Waals surface area contributed by atoms with Crippen molar-refractivity contribution in [3.8, 4) is 10.7 Å². The molecule has 156 valence electrons. The van der Waals surface area contributed by atoms with Gasteiger partial charge in [-0.05, 0) is 30.5 Å². The highest BCUT2D eigenvalue weighted by Crippen LogP contribution is 2.23. The molecule has 3 rings (SSSR count). The summed E-state index contributed by atoms with van der Waals surface area (Å²) in [4.78, 5) is 39.0. The van der Waals surface area contributed by atoms with Gasteiger partial charge in [0.15, 0.2) is 6.10 Å². The van der Waals surface area contributed by atoms with E-state index in [2.05, 4.69) is 15.5 Å². The number of amides is 1. The van der Waals surface area contributed by atoms with Gasteiger partial charge in [-0.25, -0.2) is 0 Å². The van der Waals surface area contributed by atoms with Crippen molar-refractivity contribution >= 4 is 34.6 Å². The number of halogens is 1. The molecule has 0 bridgehead atoms. The van der Waals surface area contributed by atoms with Gasteiger partial charge in [0.05, 0.1) is 16.2 Å². The van der Waals surface area contributed by atoms with E-state index >= 15 is 0 Å². The molecule has 1 atom stereocenters. The number of rotatable bonds is 8. The predicted octanol–water partition coefficient (Wildman–Crippen LogP) is 3.35. The van der Waals surface area contributed by atoms with Crippen LogP contribution in [0.15, 0.2) is 40.2 Å². The first-order valence-electron chi connectivity index (χ1n) is 8.64. The highest BCUT2D eigenvalue weighted by molar-refractivity contribution is 7.13. The number of nitrogens with one attached hydrogen (secondary N) is 1. The summed E-state index contributed by atoms with van der Waals surface area (Å²) in [6.45, 7) is 1.34. The van der Waals surface area contributed by atoms with Crippen molar-refractivity contribution in [2.24, 2.45) is 0 Å². The van der Waals surface area contributed by atoms with Gasteiger partial charge < -0.3 is 14.6 Å². The number of hydrogen-bond acceptors (Lipinski definition) is 9. The van der Waals surface area contributed by atoms with Crippen LogP contribution in [0.5, 0.6) is 0 Å². The summed E-state index contributed by atoms with van der Waals surface area (Å²) in [5, 5.41) is 18.8. The number of esters is 1. The molecule has 3 aromatic rings. The zero-order valence-corrected chi connectivity index (χ0v) is 16.3. The van der Waals surface area contributed by atoms with Crippen LogP contribution in [0.4, 0.5) is 15.8 Å². The molecule has 1 amide bonds. The number of nitro groups is 1. The Hall–Kier alpha value is -3.67. The lowest BCUT2D eigenvalue weighted by atomic mass is 10.2. The Bertz CT molecular complexity index is 1070. The Labute approximate surface area is 172 Å². The standard InChI is InChI=1S/C18H15FN4O6S/c1-10(18(25)20-11-4-5-12(19)13(9-11)23(26)27)28-16(24)7-6-15-21-17(22-29-15)14-3-2-8-30-14/h2-5,8-10H,6-7H2,1H3,(H,20,25). The molecule has 0 aliphatic carbocycles. The van der Waals surface area contributed by atoms with Gasteiger partial charge in [0.1, 0.15) is 0 Å². The molecule has 1 aromatic carbocycles. The van der Waals surface area contributed by atoms with E-state index in [-0.39, 0.29) is 24.4 Å². The number of hydrogen-bond donors (Lipinski definition) is 1. The molecule has 1 N–H and O–H groups in total. The lowest BCUT2D eigenvalue weighted by Crippen LogP contribution is -2.30. The van der Waals surface area contributed by atoms with Crippen LogP contribution in [-0.4, -0.2) is 33.0 Å². The normalized spacial score (nSPS) is 11.7. The Morgan fingerprint density at radius 1 is 1.40 bits per heavy atom. The smallest absolute Gasteiger partial charge is 0.307 e. The van der Waals surface area contributed by atoms with Crippen molar-refractivity contribution in [3.63, 3.8) is 0 Å². The lowest BCUT2D eigenvalue weighted by Gasteiger charge is -2.13. The molecule has 2 heterocycles. The maximum absolute atomic E-state index is 13.4. The van der Waals surface area contributed by atoms with Crippen molar-refractivity contribution in [1.82, 2.24) is 10.1 Å². The van der Waals surface area contributed by atoms with Crippen molar-refractivity contribution < 1.29 is 28.2 Å². The summed E-state index contributed by atoms with van der Waals surface area (Å²) in [6.07, 6.45) is -1.13. The van der Waals surface area contributed by atoms with E-state index in [1.54, 1.807) is 0 Å². The minimum atomic E-state index is -1.18. The molecule has 30 heavy (non-hydrogen) atoms. The van der Waals surface area contributed by atoms with E-state index in [4.69, 9.17) is 9.26 Å². The van der Waals surface area contributed by atoms with E-state index in [0.717, 1.165) is 23.1 Å². The number of thiophene rings is 1. The van der Waals surface area contributed by atoms with E-state index in [1.807, 2.05) is 17.5 Å². The second-order valence-corrected chi connectivity index (χ2v) is 6.98. The monoisotopic (exact) mass is 434 g/mol. The first-order chi connectivity index (χ1) is 14.3. The molecule has 10 nitrogen and oxygen atoms in total. The zero-order chi connectivity index (χ0) is 21.7. The summed E-state index contributed by atoms with van der Waals surface area (Å²) >= 11 is 1.45. The maximum Gasteiger partial charge on any atom is 0.307 e. The molecule has 0 radical (unpaired) electrons. The summed E-state index contributed by atoms with van der Waals surface area (Å²) < 4.78 is 23.5. The Morgan fingerprint density at radius 3 is 2.90 bits per heavy atom. The number of aryl methyl sites for hydroxylation is 1. The van der Waals surface area contributed by atoms with Gasteiger partial charge in [-0.3, -0.25) is 19.7 Å². The highest BCUT2D eigenvalue weighted by atomic mass is 32.1. The second-order valence-electron chi connectivity index (χ2n) is 6.03. The van der Waals surface area contributed by atoms with Gasteiger partial charge in [0.25, 0.3) is 5.91 Å². The average molecular weight is 434 g/mol. The highest BCUT2D eigenvalue weighted by Gasteiger charge is 2.21. The topological polar surface area (TPSA) is 137 Å². The summed E-state index contributed by atoms with van der Waals surface area (Å²) in [5.74, 6) is -1.73. The number of ether oxygens (including phenoxy) is 1. The minimum absolute atomic E-state index is 0.00275. The molecule has 1 unspecified atom stereocenters. The Kier molecular flexibility index (Phi) is 6.47. The van der Waals surface area contributed by atoms with Crippen LogP contribution in [0.25, 0.3) is 10.7 Å². The number of benzene rings is 1. The first-order valence-corrected chi connectivity index (χ1v) is 9.52. The number of anilines is 1. The van der Waals surface area contributed by atoms with Crippen LogP contribution in [0.1, 0.15) is 19.2 Å². The number of nitro benzene ring substituents is 1. The zero-order valence-electron chi connectivity index (χ0n) is 15.5. The number of nitrogens with zero attached hydrogens (tertiary/aromatic N) is 3. The molecule has 0 fully saturated rings. The van der Waals surface area contributed by atoms with Crippen LogP contribution in [0.3, 0.4) is 0 Å². The van der Waals surface area contributed by atoms with Crippen molar-refractivity contribution in [2.75, 3.05) is 5.32 Å². The van der Waals surface area contributed by atoms with Crippen LogP contribution in [-0.2, 0) is 20.7 Å². The maximum atomic E-state index is 13.4. The fourth-order valence-corrected chi connectivity index (χ4v) is 3.00. The minimum Gasteiger partial charge on any atom is -0.453 e. The van der Waals surface area contributed by atoms with Gasteiger partial charge in [-0.15, -0.1) is 11.3 Å². The Morgan fingerprint density at radius 2 is 2.20 bits per heavy atom. The van der Waals surface area contributed by atoms with Gasteiger partial charge in [0, 0.05) is 18.2 Å². The molecule has 0 saturated carbocycles. The van der Waals surface area contributed by atoms with Gasteiger partial charge in [0.2, 0.25) is 17.5 Å². The van der Waals surface area contributed by atoms with Crippen LogP contribution in [0.2, 0.25) is 0 Å². The fraction of sp³-hybridized carbons (Fsp3) is 0.222. The number of carbonyl (C=O) groups excluding carboxylic acids is 2. The quantitative estimate of drug-likeness (QED) is 0.324. The van der Waals surface area contributed by atoms with Gasteiger partial charge >= 0.3 is 11.7 Å². The third-order valence-electron chi connectivity index (χ3n) is 3.84. The van der Waals surface area contributed by atoms with E-state index < -0.39 is 34.4 Å². The molecular formula is C18H15FN4O6S. The van der Waals surface area contributed by atoms with Crippen molar-refractivity contribution in [2.45, 2.75) is 25.9 Å². The third-order valence-corrected chi connectivity index (χ3v) is 4.71. The van der Waals surface area contributed by atoms with E-state index in [1.165, 1.54) is 18.3 Å². The lowest BCUT2D eigenvalue weighted by molar-refractivity contribution is -0.387. The van der Waals surface area contributed by atoms with E-state index in [0.29, 0.717) is 5.82 Å². The molecule has 0 saturated heterocycles. The third kappa shape index (κ3) is 5.23. The van der Waals surface area contributed by atoms with Gasteiger partial charge in [-0.2, -0.15) is 9.37 Å². The number of aromatic nitrogens is 2. The van der Waals surface area contributed by atoms with Crippen molar-refractivity contribution in [1.29, 1.82) is 0 Å². The predicted molar refractivity (Wildman–Crippen MR) is 103 cm³/mol. The SMILES string of the molecule is CC(OC(=O)CCc1nc(-c2cccs2)no1)C(=O)Nc1ccc(F)c([N+](=O)[O-])c1. The summed E-state index contributed by atoms with van der Waals surface area (Å²) in [7, 11) is 0. The summed E-state index contributed by atoms with van der Waals surface area (Å²) in [6, 6.07) is 6.59.